The van der Waals surface area contributed by atoms with Crippen LogP contribution in [0.2, 0.25) is 0 Å². The van der Waals surface area contributed by atoms with E-state index in [0.29, 0.717) is 18.0 Å². The summed E-state index contributed by atoms with van der Waals surface area (Å²) in [7, 11) is 3.52. The lowest BCUT2D eigenvalue weighted by Gasteiger charge is -2.23. The Hall–Kier alpha value is -2.86. The van der Waals surface area contributed by atoms with E-state index in [9.17, 15) is 9.59 Å². The Morgan fingerprint density at radius 3 is 2.57 bits per heavy atom. The van der Waals surface area contributed by atoms with E-state index >= 15 is 0 Å². The Labute approximate surface area is 164 Å². The molecular weight excluding hydrogens is 352 g/mol. The van der Waals surface area contributed by atoms with E-state index in [-0.39, 0.29) is 11.6 Å². The largest absolute Gasteiger partial charge is 0.348 e. The fraction of sp³-hybridized carbons (Fsp3) is 0.364. The molecule has 28 heavy (non-hydrogen) atoms. The standard InChI is InChI=1S/C22H26N4O2/c1-25-19-10-5-15(12-20(19)26(2)22(25)28)13-24-21(27)17-8-6-16(7-9-17)18-4-3-11-23-14-18/h5-10,12,18,23H,3-4,11,13-14H2,1-2H3,(H,24,27)/t18-/m1/s1. The molecule has 2 N–H and O–H groups in total. The van der Waals surface area contributed by atoms with Gasteiger partial charge in [-0.1, -0.05) is 18.2 Å². The number of carbonyl (C=O) groups is 1. The van der Waals surface area contributed by atoms with Gasteiger partial charge < -0.3 is 10.6 Å². The molecule has 0 saturated carbocycles. The van der Waals surface area contributed by atoms with E-state index in [2.05, 4.69) is 22.8 Å². The molecule has 6 nitrogen and oxygen atoms in total. The number of nitrogens with one attached hydrogen (secondary N) is 2. The summed E-state index contributed by atoms with van der Waals surface area (Å²) in [5.41, 5.74) is 4.62. The molecule has 0 bridgehead atoms. The maximum atomic E-state index is 12.5. The predicted molar refractivity (Wildman–Crippen MR) is 111 cm³/mol. The van der Waals surface area contributed by atoms with Crippen molar-refractivity contribution in [1.29, 1.82) is 0 Å². The zero-order valence-corrected chi connectivity index (χ0v) is 16.4. The second-order valence-corrected chi connectivity index (χ2v) is 7.57. The van der Waals surface area contributed by atoms with Crippen LogP contribution in [0.4, 0.5) is 0 Å². The zero-order valence-electron chi connectivity index (χ0n) is 16.4. The molecule has 1 atom stereocenters. The highest BCUT2D eigenvalue weighted by Crippen LogP contribution is 2.23. The van der Waals surface area contributed by atoms with Crippen molar-refractivity contribution in [3.63, 3.8) is 0 Å². The third kappa shape index (κ3) is 3.47. The molecule has 1 amide bonds. The van der Waals surface area contributed by atoms with Crippen LogP contribution in [0.15, 0.2) is 47.3 Å². The number of benzene rings is 2. The molecule has 2 aromatic carbocycles. The summed E-state index contributed by atoms with van der Waals surface area (Å²) in [5, 5.41) is 6.40. The van der Waals surface area contributed by atoms with Gasteiger partial charge in [-0.25, -0.2) is 4.79 Å². The van der Waals surface area contributed by atoms with Gasteiger partial charge in [0, 0.05) is 32.7 Å². The Bertz CT molecular complexity index is 1060. The Kier molecular flexibility index (Phi) is 5.05. The second-order valence-electron chi connectivity index (χ2n) is 7.57. The molecular formula is C22H26N4O2. The molecule has 0 aliphatic carbocycles. The lowest BCUT2D eigenvalue weighted by Crippen LogP contribution is -2.28. The highest BCUT2D eigenvalue weighted by Gasteiger charge is 2.15. The lowest BCUT2D eigenvalue weighted by molar-refractivity contribution is 0.0951. The summed E-state index contributed by atoms with van der Waals surface area (Å²) in [4.78, 5) is 24.6. The van der Waals surface area contributed by atoms with E-state index in [0.717, 1.165) is 29.7 Å². The summed E-state index contributed by atoms with van der Waals surface area (Å²) < 4.78 is 3.25. The molecule has 0 radical (unpaired) electrons. The van der Waals surface area contributed by atoms with Crippen LogP contribution < -0.4 is 16.3 Å². The van der Waals surface area contributed by atoms with E-state index < -0.39 is 0 Å². The normalized spacial score (nSPS) is 17.0. The first-order valence-electron chi connectivity index (χ1n) is 9.78. The lowest BCUT2D eigenvalue weighted by atomic mass is 9.91. The van der Waals surface area contributed by atoms with Crippen LogP contribution in [-0.2, 0) is 20.6 Å². The smallest absolute Gasteiger partial charge is 0.328 e. The molecule has 6 heteroatoms. The predicted octanol–water partition coefficient (Wildman–Crippen LogP) is 2.27. The number of piperidine rings is 1. The third-order valence-electron chi connectivity index (χ3n) is 5.73. The molecule has 146 valence electrons. The van der Waals surface area contributed by atoms with Crippen LogP contribution >= 0.6 is 0 Å². The summed E-state index contributed by atoms with van der Waals surface area (Å²) >= 11 is 0. The quantitative estimate of drug-likeness (QED) is 0.732. The molecule has 1 aromatic heterocycles. The highest BCUT2D eigenvalue weighted by molar-refractivity contribution is 5.94. The van der Waals surface area contributed by atoms with E-state index in [1.165, 1.54) is 18.4 Å². The average molecular weight is 378 g/mol. The molecule has 4 rings (SSSR count). The second kappa shape index (κ2) is 7.64. The van der Waals surface area contributed by atoms with Crippen molar-refractivity contribution in [1.82, 2.24) is 19.8 Å². The first-order chi connectivity index (χ1) is 13.5. The van der Waals surface area contributed by atoms with Gasteiger partial charge in [0.25, 0.3) is 5.91 Å². The van der Waals surface area contributed by atoms with Crippen molar-refractivity contribution in [2.45, 2.75) is 25.3 Å². The number of fused-ring (bicyclic) bond motifs is 1. The number of carbonyl (C=O) groups excluding carboxylic acids is 1. The molecule has 1 fully saturated rings. The Balaban J connectivity index is 1.43. The van der Waals surface area contributed by atoms with Crippen molar-refractivity contribution in [2.24, 2.45) is 14.1 Å². The van der Waals surface area contributed by atoms with Gasteiger partial charge in [-0.3, -0.25) is 13.9 Å². The zero-order chi connectivity index (χ0) is 19.7. The van der Waals surface area contributed by atoms with Crippen molar-refractivity contribution in [3.05, 3.63) is 69.6 Å². The number of aryl methyl sites for hydroxylation is 2. The van der Waals surface area contributed by atoms with Gasteiger partial charge in [0.05, 0.1) is 11.0 Å². The minimum absolute atomic E-state index is 0.0514. The van der Waals surface area contributed by atoms with Gasteiger partial charge in [0.15, 0.2) is 0 Å². The minimum atomic E-state index is -0.0876. The van der Waals surface area contributed by atoms with Gasteiger partial charge in [-0.15, -0.1) is 0 Å². The van der Waals surface area contributed by atoms with Crippen LogP contribution in [-0.4, -0.2) is 28.1 Å². The molecule has 1 aliphatic heterocycles. The number of hydrogen-bond donors (Lipinski definition) is 2. The average Bonchev–Trinajstić information content (AvgIpc) is 2.96. The topological polar surface area (TPSA) is 68.1 Å². The number of amides is 1. The molecule has 0 unspecified atom stereocenters. The van der Waals surface area contributed by atoms with Gasteiger partial charge in [0.1, 0.15) is 0 Å². The molecule has 2 heterocycles. The number of hydrogen-bond acceptors (Lipinski definition) is 3. The van der Waals surface area contributed by atoms with E-state index in [4.69, 9.17) is 0 Å². The summed E-state index contributed by atoms with van der Waals surface area (Å²) in [6, 6.07) is 13.8. The van der Waals surface area contributed by atoms with Crippen LogP contribution in [0.25, 0.3) is 11.0 Å². The first kappa shape index (κ1) is 18.5. The number of aromatic nitrogens is 2. The Morgan fingerprint density at radius 1 is 1.11 bits per heavy atom. The highest BCUT2D eigenvalue weighted by atomic mass is 16.2. The molecule has 1 aliphatic rings. The molecule has 3 aromatic rings. The van der Waals surface area contributed by atoms with Crippen LogP contribution in [0.3, 0.4) is 0 Å². The number of imidazole rings is 1. The van der Waals surface area contributed by atoms with E-state index in [1.54, 1.807) is 23.2 Å². The fourth-order valence-electron chi connectivity index (χ4n) is 3.99. The first-order valence-corrected chi connectivity index (χ1v) is 9.78. The summed E-state index contributed by atoms with van der Waals surface area (Å²) in [5.74, 6) is 0.450. The summed E-state index contributed by atoms with van der Waals surface area (Å²) in [6.07, 6.45) is 2.40. The Morgan fingerprint density at radius 2 is 1.86 bits per heavy atom. The van der Waals surface area contributed by atoms with Crippen LogP contribution in [0, 0.1) is 0 Å². The fourth-order valence-corrected chi connectivity index (χ4v) is 3.99. The van der Waals surface area contributed by atoms with Gasteiger partial charge >= 0.3 is 5.69 Å². The van der Waals surface area contributed by atoms with Crippen molar-refractivity contribution >= 4 is 16.9 Å². The van der Waals surface area contributed by atoms with Crippen LogP contribution in [0.5, 0.6) is 0 Å². The SMILES string of the molecule is Cn1c(=O)n(C)c2cc(CNC(=O)c3ccc([C@@H]4CCCNC4)cc3)ccc21. The monoisotopic (exact) mass is 378 g/mol. The summed E-state index contributed by atoms with van der Waals surface area (Å²) in [6.45, 7) is 2.53. The third-order valence-corrected chi connectivity index (χ3v) is 5.73. The maximum Gasteiger partial charge on any atom is 0.328 e. The number of rotatable bonds is 4. The van der Waals surface area contributed by atoms with Gasteiger partial charge in [-0.05, 0) is 60.7 Å². The number of nitrogens with zero attached hydrogens (tertiary/aromatic N) is 2. The van der Waals surface area contributed by atoms with Crippen molar-refractivity contribution < 1.29 is 4.79 Å². The van der Waals surface area contributed by atoms with E-state index in [1.807, 2.05) is 30.3 Å². The van der Waals surface area contributed by atoms with Crippen LogP contribution in [0.1, 0.15) is 40.2 Å². The molecule has 0 spiro atoms. The van der Waals surface area contributed by atoms with Crippen molar-refractivity contribution in [2.75, 3.05) is 13.1 Å². The van der Waals surface area contributed by atoms with Gasteiger partial charge in [-0.2, -0.15) is 0 Å². The van der Waals surface area contributed by atoms with Crippen molar-refractivity contribution in [3.8, 4) is 0 Å². The minimum Gasteiger partial charge on any atom is -0.348 e. The molecule has 1 saturated heterocycles. The maximum absolute atomic E-state index is 12.5. The van der Waals surface area contributed by atoms with Gasteiger partial charge in [0.2, 0.25) is 0 Å².